The fraction of sp³-hybridized carbons (Fsp3) is 0. The number of nitrogens with two attached hydrogens (primary N) is 1. The third-order valence-corrected chi connectivity index (χ3v) is 0. The highest BCUT2D eigenvalue weighted by atomic mass is 35.5. The summed E-state index contributed by atoms with van der Waals surface area (Å²) in [5.41, 5.74) is 4.15. The summed E-state index contributed by atoms with van der Waals surface area (Å²) in [6.07, 6.45) is 1.25. The maximum absolute atomic E-state index is 8.98. The van der Waals surface area contributed by atoms with Crippen LogP contribution in [0.25, 0.3) is 0 Å². The van der Waals surface area contributed by atoms with Crippen molar-refractivity contribution in [3.63, 3.8) is 0 Å². The largest absolute Gasteiger partial charge is 0.337 e. The van der Waals surface area contributed by atoms with E-state index in [0.717, 1.165) is 0 Å². The van der Waals surface area contributed by atoms with Gasteiger partial charge in [-0.15, -0.1) is 0 Å². The number of halogens is 2. The Labute approximate surface area is 50.6 Å². The maximum atomic E-state index is 8.98. The predicted molar refractivity (Wildman–Crippen MR) is 26.9 cm³/mol. The average molecular weight is 141 g/mol. The van der Waals surface area contributed by atoms with Crippen LogP contribution in [0.15, 0.2) is 0 Å². The Morgan fingerprint density at radius 3 is 1.71 bits per heavy atom. The fourth-order valence-electron chi connectivity index (χ4n) is 0. The summed E-state index contributed by atoms with van der Waals surface area (Å²) >= 11 is 8.80. The third-order valence-electron chi connectivity index (χ3n) is 0. The molecule has 0 aliphatic carbocycles. The van der Waals surface area contributed by atoms with Crippen molar-refractivity contribution < 1.29 is 4.79 Å². The molecule has 0 heterocycles. The summed E-state index contributed by atoms with van der Waals surface area (Å²) < 4.78 is -0.889. The van der Waals surface area contributed by atoms with Gasteiger partial charge in [-0.25, -0.2) is 0 Å². The van der Waals surface area contributed by atoms with Crippen LogP contribution in [-0.2, 0) is 0 Å². The summed E-state index contributed by atoms with van der Waals surface area (Å²) in [7, 11) is 0. The van der Waals surface area contributed by atoms with Gasteiger partial charge >= 0.3 is 4.70 Å². The Bertz CT molecular complexity index is 82.2. The summed E-state index contributed by atoms with van der Waals surface area (Å²) in [4.78, 5) is 8.98. The van der Waals surface area contributed by atoms with Crippen molar-refractivity contribution in [1.29, 1.82) is 5.26 Å². The van der Waals surface area contributed by atoms with Crippen LogP contribution in [0.2, 0.25) is 0 Å². The van der Waals surface area contributed by atoms with Crippen molar-refractivity contribution in [2.75, 3.05) is 0 Å². The van der Waals surface area contributed by atoms with Gasteiger partial charge in [0.25, 0.3) is 0 Å². The number of carbonyl (C=O) groups excluding carboxylic acids is 1. The van der Waals surface area contributed by atoms with Gasteiger partial charge < -0.3 is 5.73 Å². The first kappa shape index (κ1) is 9.74. The van der Waals surface area contributed by atoms with Gasteiger partial charge in [-0.05, 0) is 23.2 Å². The lowest BCUT2D eigenvalue weighted by Crippen LogP contribution is -1.69. The highest BCUT2D eigenvalue weighted by molar-refractivity contribution is 6.93. The maximum Gasteiger partial charge on any atom is 0.313 e. The van der Waals surface area contributed by atoms with E-state index >= 15 is 0 Å². The van der Waals surface area contributed by atoms with Crippen LogP contribution in [0.1, 0.15) is 0 Å². The van der Waals surface area contributed by atoms with Crippen molar-refractivity contribution in [1.82, 2.24) is 0 Å². The molecular formula is C2H2Cl2N2O. The molecular weight excluding hydrogens is 139 g/mol. The summed E-state index contributed by atoms with van der Waals surface area (Å²) in [6.45, 7) is 0. The van der Waals surface area contributed by atoms with Crippen LogP contribution in [0.4, 0.5) is 4.79 Å². The highest BCUT2D eigenvalue weighted by Gasteiger charge is 1.72. The van der Waals surface area contributed by atoms with Gasteiger partial charge in [0.1, 0.15) is 0 Å². The zero-order valence-corrected chi connectivity index (χ0v) is 4.70. The Morgan fingerprint density at radius 1 is 1.71 bits per heavy atom. The lowest BCUT2D eigenvalue weighted by Gasteiger charge is -1.48. The number of carbonyl (C=O) groups is 1. The molecule has 0 bridgehead atoms. The lowest BCUT2D eigenvalue weighted by molar-refractivity contribution is 0.275. The molecule has 0 saturated heterocycles. The number of rotatable bonds is 0. The molecule has 0 amide bonds. The minimum absolute atomic E-state index is 0.889. The first-order chi connectivity index (χ1) is 3.15. The van der Waals surface area contributed by atoms with Crippen molar-refractivity contribution in [2.45, 2.75) is 0 Å². The summed E-state index contributed by atoms with van der Waals surface area (Å²) in [5, 5.41) is 7.10. The second kappa shape index (κ2) is 9.11. The molecule has 0 aromatic heterocycles. The van der Waals surface area contributed by atoms with E-state index in [9.17, 15) is 0 Å². The molecule has 0 aromatic rings. The van der Waals surface area contributed by atoms with Gasteiger partial charge in [-0.2, -0.15) is 5.26 Å². The summed E-state index contributed by atoms with van der Waals surface area (Å²) in [6, 6.07) is 0. The third kappa shape index (κ3) is 328. The standard InChI is InChI=1S/CCl2O.CH2N2/c2-1(3)4;2-1-3/h;2H2. The monoisotopic (exact) mass is 140 g/mol. The van der Waals surface area contributed by atoms with E-state index in [0.29, 0.717) is 0 Å². The Hall–Kier alpha value is -0.460. The molecule has 0 rings (SSSR count). The predicted octanol–water partition coefficient (Wildman–Crippen LogP) is 1.01. The van der Waals surface area contributed by atoms with E-state index in [4.69, 9.17) is 10.1 Å². The number of hydrogen-bond donors (Lipinski definition) is 1. The van der Waals surface area contributed by atoms with Gasteiger partial charge in [0.2, 0.25) is 0 Å². The molecule has 0 aliphatic heterocycles. The molecule has 0 spiro atoms. The first-order valence-electron chi connectivity index (χ1n) is 1.09. The van der Waals surface area contributed by atoms with Crippen LogP contribution < -0.4 is 5.73 Å². The quantitative estimate of drug-likeness (QED) is 0.311. The van der Waals surface area contributed by atoms with Crippen LogP contribution in [0.3, 0.4) is 0 Å². The topological polar surface area (TPSA) is 66.9 Å². The molecule has 0 aromatic carbocycles. The van der Waals surface area contributed by atoms with E-state index in [1.54, 1.807) is 0 Å². The Morgan fingerprint density at radius 2 is 1.71 bits per heavy atom. The van der Waals surface area contributed by atoms with Crippen molar-refractivity contribution >= 4 is 27.9 Å². The van der Waals surface area contributed by atoms with Gasteiger partial charge in [-0.3, -0.25) is 4.79 Å². The van der Waals surface area contributed by atoms with Crippen LogP contribution >= 0.6 is 23.2 Å². The normalized spacial score (nSPS) is 4.71. The van der Waals surface area contributed by atoms with Crippen molar-refractivity contribution in [3.05, 3.63) is 0 Å². The Balaban J connectivity index is 0. The van der Waals surface area contributed by atoms with Crippen molar-refractivity contribution in [2.24, 2.45) is 5.73 Å². The second-order valence-electron chi connectivity index (χ2n) is 0.355. The van der Waals surface area contributed by atoms with Crippen LogP contribution in [0, 0.1) is 11.5 Å². The molecule has 0 atom stereocenters. The molecule has 3 nitrogen and oxygen atoms in total. The smallest absolute Gasteiger partial charge is 0.313 e. The molecule has 0 unspecified atom stereocenters. The zero-order valence-electron chi connectivity index (χ0n) is 3.19. The number of nitriles is 1. The number of nitrogens with zero attached hydrogens (tertiary/aromatic N) is 1. The average Bonchev–Trinajstić information content (AvgIpc) is 1.33. The van der Waals surface area contributed by atoms with E-state index in [1.165, 1.54) is 6.19 Å². The van der Waals surface area contributed by atoms with Gasteiger partial charge in [0.05, 0.1) is 0 Å². The summed E-state index contributed by atoms with van der Waals surface area (Å²) in [5.74, 6) is 0. The van der Waals surface area contributed by atoms with Crippen LogP contribution in [0.5, 0.6) is 0 Å². The van der Waals surface area contributed by atoms with E-state index in [-0.39, 0.29) is 0 Å². The fourth-order valence-corrected chi connectivity index (χ4v) is 0. The zero-order chi connectivity index (χ0) is 6.28. The second-order valence-corrected chi connectivity index (χ2v) is 1.23. The van der Waals surface area contributed by atoms with E-state index in [1.807, 2.05) is 0 Å². The van der Waals surface area contributed by atoms with E-state index in [2.05, 4.69) is 28.9 Å². The minimum Gasteiger partial charge on any atom is -0.337 e. The molecule has 0 saturated carbocycles. The molecule has 40 valence electrons. The lowest BCUT2D eigenvalue weighted by atomic mass is 11.5. The molecule has 0 fully saturated rings. The minimum atomic E-state index is -0.889. The van der Waals surface area contributed by atoms with Gasteiger partial charge in [0, 0.05) is 0 Å². The van der Waals surface area contributed by atoms with Crippen molar-refractivity contribution in [3.8, 4) is 6.19 Å². The molecule has 7 heavy (non-hydrogen) atoms. The van der Waals surface area contributed by atoms with Gasteiger partial charge in [0.15, 0.2) is 6.19 Å². The SMILES string of the molecule is N#CN.O=C(Cl)Cl. The molecule has 2 N–H and O–H groups in total. The van der Waals surface area contributed by atoms with Crippen LogP contribution in [-0.4, -0.2) is 4.70 Å². The first-order valence-corrected chi connectivity index (χ1v) is 1.85. The number of hydrogen-bond acceptors (Lipinski definition) is 3. The molecule has 0 aliphatic rings. The molecule has 5 heteroatoms. The highest BCUT2D eigenvalue weighted by Crippen LogP contribution is 1.84. The van der Waals surface area contributed by atoms with Gasteiger partial charge in [-0.1, -0.05) is 0 Å². The van der Waals surface area contributed by atoms with E-state index < -0.39 is 4.70 Å². The molecule has 0 radical (unpaired) electrons. The Kier molecular flexibility index (Phi) is 12.7.